The Morgan fingerprint density at radius 3 is 2.26 bits per heavy atom. The third-order valence-electron chi connectivity index (χ3n) is 3.89. The lowest BCUT2D eigenvalue weighted by Gasteiger charge is -2.39. The van der Waals surface area contributed by atoms with E-state index >= 15 is 0 Å². The number of rotatable bonds is 3. The van der Waals surface area contributed by atoms with Crippen molar-refractivity contribution in [3.05, 3.63) is 0 Å². The summed E-state index contributed by atoms with van der Waals surface area (Å²) in [4.78, 5) is 28.2. The van der Waals surface area contributed by atoms with Crippen LogP contribution in [-0.2, 0) is 9.59 Å². The first-order valence-corrected chi connectivity index (χ1v) is 7.23. The molecule has 0 aromatic rings. The Labute approximate surface area is 119 Å². The molecule has 0 radical (unpaired) electrons. The van der Waals surface area contributed by atoms with Gasteiger partial charge in [-0.05, 0) is 18.8 Å². The highest BCUT2D eigenvalue weighted by Gasteiger charge is 2.36. The summed E-state index contributed by atoms with van der Waals surface area (Å²) in [7, 11) is 0. The number of carbonyl (C=O) groups is 2. The molecular weight excluding hydrogens is 262 g/mol. The van der Waals surface area contributed by atoms with Crippen LogP contribution in [0.25, 0.3) is 0 Å². The Bertz CT molecular complexity index is 373. The molecule has 0 atom stereocenters. The highest BCUT2D eigenvalue weighted by molar-refractivity contribution is 7.80. The average molecular weight is 283 g/mol. The van der Waals surface area contributed by atoms with Gasteiger partial charge < -0.3 is 5.73 Å². The fourth-order valence-corrected chi connectivity index (χ4v) is 3.15. The number of thiocarbonyl (C=S) groups is 1. The number of hydrogen-bond acceptors (Lipinski definition) is 4. The van der Waals surface area contributed by atoms with Crippen molar-refractivity contribution >= 4 is 29.0 Å². The van der Waals surface area contributed by atoms with Crippen molar-refractivity contribution in [1.29, 1.82) is 0 Å². The standard InChI is InChI=1S/C13H21N3O2S/c1-9-6-12(17)16(13(18)7-9)10-2-4-15(5-3-10)8-11(14)19/h9-10H,2-8H2,1H3,(H2,14,19). The minimum atomic E-state index is -0.00320. The lowest BCUT2D eigenvalue weighted by Crippen LogP contribution is -2.53. The van der Waals surface area contributed by atoms with Gasteiger partial charge in [-0.25, -0.2) is 0 Å². The van der Waals surface area contributed by atoms with Crippen LogP contribution in [0.15, 0.2) is 0 Å². The molecule has 0 spiro atoms. The number of nitrogens with two attached hydrogens (primary N) is 1. The predicted molar refractivity (Wildman–Crippen MR) is 76.5 cm³/mol. The van der Waals surface area contributed by atoms with E-state index in [4.69, 9.17) is 18.0 Å². The van der Waals surface area contributed by atoms with Gasteiger partial charge in [-0.2, -0.15) is 0 Å². The highest BCUT2D eigenvalue weighted by Crippen LogP contribution is 2.25. The largest absolute Gasteiger partial charge is 0.392 e. The zero-order chi connectivity index (χ0) is 14.0. The Morgan fingerprint density at radius 1 is 1.26 bits per heavy atom. The molecule has 2 amide bonds. The minimum Gasteiger partial charge on any atom is -0.392 e. The smallest absolute Gasteiger partial charge is 0.229 e. The van der Waals surface area contributed by atoms with Gasteiger partial charge in [-0.3, -0.25) is 19.4 Å². The molecule has 19 heavy (non-hydrogen) atoms. The SMILES string of the molecule is CC1CC(=O)N(C2CCN(CC(N)=S)CC2)C(=O)C1. The minimum absolute atomic E-state index is 0.00320. The quantitative estimate of drug-likeness (QED) is 0.604. The molecule has 2 aliphatic rings. The maximum atomic E-state index is 12.0. The Kier molecular flexibility index (Phi) is 4.52. The van der Waals surface area contributed by atoms with Gasteiger partial charge in [-0.15, -0.1) is 0 Å². The Hall–Kier alpha value is -1.01. The summed E-state index contributed by atoms with van der Waals surface area (Å²) >= 11 is 4.90. The molecule has 0 aliphatic carbocycles. The Balaban J connectivity index is 1.92. The molecule has 6 heteroatoms. The monoisotopic (exact) mass is 283 g/mol. The van der Waals surface area contributed by atoms with Crippen LogP contribution in [0.4, 0.5) is 0 Å². The van der Waals surface area contributed by atoms with Crippen molar-refractivity contribution in [1.82, 2.24) is 9.80 Å². The molecule has 0 saturated carbocycles. The van der Waals surface area contributed by atoms with Crippen molar-refractivity contribution in [2.75, 3.05) is 19.6 Å². The molecule has 2 aliphatic heterocycles. The van der Waals surface area contributed by atoms with E-state index in [1.807, 2.05) is 6.92 Å². The molecule has 0 aromatic heterocycles. The van der Waals surface area contributed by atoms with Crippen molar-refractivity contribution in [3.8, 4) is 0 Å². The molecule has 2 heterocycles. The van der Waals surface area contributed by atoms with Gasteiger partial charge in [0.1, 0.15) is 0 Å². The third-order valence-corrected chi connectivity index (χ3v) is 4.01. The van der Waals surface area contributed by atoms with Crippen LogP contribution in [0.1, 0.15) is 32.6 Å². The second kappa shape index (κ2) is 5.96. The van der Waals surface area contributed by atoms with Gasteiger partial charge in [0.15, 0.2) is 0 Å². The number of carbonyl (C=O) groups excluding carboxylic acids is 2. The summed E-state index contributed by atoms with van der Waals surface area (Å²) in [6.45, 7) is 4.27. The molecule has 5 nitrogen and oxygen atoms in total. The summed E-state index contributed by atoms with van der Waals surface area (Å²) in [5, 5.41) is 0. The first kappa shape index (κ1) is 14.4. The zero-order valence-electron chi connectivity index (χ0n) is 11.3. The molecule has 2 rings (SSSR count). The number of hydrogen-bond donors (Lipinski definition) is 1. The van der Waals surface area contributed by atoms with E-state index < -0.39 is 0 Å². The van der Waals surface area contributed by atoms with Crippen LogP contribution in [-0.4, -0.2) is 52.3 Å². The first-order chi connectivity index (χ1) is 8.97. The zero-order valence-corrected chi connectivity index (χ0v) is 12.1. The van der Waals surface area contributed by atoms with E-state index in [1.54, 1.807) is 0 Å². The van der Waals surface area contributed by atoms with E-state index in [-0.39, 0.29) is 23.8 Å². The summed E-state index contributed by atoms with van der Waals surface area (Å²) in [5.41, 5.74) is 5.53. The van der Waals surface area contributed by atoms with Crippen LogP contribution in [0, 0.1) is 5.92 Å². The number of piperidine rings is 2. The average Bonchev–Trinajstić information content (AvgIpc) is 2.29. The molecule has 2 fully saturated rings. The van der Waals surface area contributed by atoms with E-state index in [0.29, 0.717) is 24.4 Å². The number of imide groups is 1. The van der Waals surface area contributed by atoms with E-state index in [9.17, 15) is 9.59 Å². The summed E-state index contributed by atoms with van der Waals surface area (Å²) in [6.07, 6.45) is 2.65. The lowest BCUT2D eigenvalue weighted by molar-refractivity contribution is -0.153. The fourth-order valence-electron chi connectivity index (χ4n) is 2.97. The van der Waals surface area contributed by atoms with Crippen molar-refractivity contribution in [2.45, 2.75) is 38.6 Å². The summed E-state index contributed by atoms with van der Waals surface area (Å²) < 4.78 is 0. The van der Waals surface area contributed by atoms with E-state index in [1.165, 1.54) is 4.90 Å². The van der Waals surface area contributed by atoms with Gasteiger partial charge >= 0.3 is 0 Å². The van der Waals surface area contributed by atoms with Crippen LogP contribution >= 0.6 is 12.2 Å². The molecule has 0 bridgehead atoms. The molecule has 2 saturated heterocycles. The normalized spacial score (nSPS) is 23.9. The maximum absolute atomic E-state index is 12.0. The molecule has 0 unspecified atom stereocenters. The molecule has 2 N–H and O–H groups in total. The van der Waals surface area contributed by atoms with Gasteiger partial charge in [-0.1, -0.05) is 19.1 Å². The number of likely N-dealkylation sites (tertiary alicyclic amines) is 2. The van der Waals surface area contributed by atoms with Gasteiger partial charge in [0.25, 0.3) is 0 Å². The van der Waals surface area contributed by atoms with E-state index in [0.717, 1.165) is 25.9 Å². The maximum Gasteiger partial charge on any atom is 0.229 e. The van der Waals surface area contributed by atoms with Crippen molar-refractivity contribution < 1.29 is 9.59 Å². The fraction of sp³-hybridized carbons (Fsp3) is 0.769. The van der Waals surface area contributed by atoms with Crippen LogP contribution in [0.3, 0.4) is 0 Å². The topological polar surface area (TPSA) is 66.6 Å². The van der Waals surface area contributed by atoms with Crippen LogP contribution in [0.5, 0.6) is 0 Å². The van der Waals surface area contributed by atoms with Crippen molar-refractivity contribution in [2.24, 2.45) is 11.7 Å². The van der Waals surface area contributed by atoms with Gasteiger partial charge in [0.2, 0.25) is 11.8 Å². The third kappa shape index (κ3) is 3.51. The van der Waals surface area contributed by atoms with Gasteiger partial charge in [0.05, 0.1) is 4.99 Å². The lowest BCUT2D eigenvalue weighted by atomic mass is 9.93. The van der Waals surface area contributed by atoms with E-state index in [2.05, 4.69) is 4.90 Å². The number of nitrogens with zero attached hydrogens (tertiary/aromatic N) is 2. The molecule has 106 valence electrons. The van der Waals surface area contributed by atoms with Crippen LogP contribution in [0.2, 0.25) is 0 Å². The highest BCUT2D eigenvalue weighted by atomic mass is 32.1. The second-order valence-electron chi connectivity index (χ2n) is 5.64. The molecule has 0 aromatic carbocycles. The summed E-state index contributed by atoms with van der Waals surface area (Å²) in [6, 6.07) is 0.0649. The Morgan fingerprint density at radius 2 is 1.79 bits per heavy atom. The first-order valence-electron chi connectivity index (χ1n) is 6.83. The summed E-state index contributed by atoms with van der Waals surface area (Å²) in [5.74, 6) is 0.180. The molecular formula is C13H21N3O2S. The number of amides is 2. The predicted octanol–water partition coefficient (Wildman–Crippen LogP) is 0.522. The second-order valence-corrected chi connectivity index (χ2v) is 6.17. The van der Waals surface area contributed by atoms with Crippen LogP contribution < -0.4 is 5.73 Å². The van der Waals surface area contributed by atoms with Crippen molar-refractivity contribution in [3.63, 3.8) is 0 Å². The van der Waals surface area contributed by atoms with Gasteiger partial charge in [0, 0.05) is 38.5 Å².